The van der Waals surface area contributed by atoms with Gasteiger partial charge >= 0.3 is 0 Å². The lowest BCUT2D eigenvalue weighted by molar-refractivity contribution is -0.129. The van der Waals surface area contributed by atoms with Crippen LogP contribution in [0, 0.1) is 0 Å². The summed E-state index contributed by atoms with van der Waals surface area (Å²) in [7, 11) is 0. The number of H-pyrrole nitrogens is 1. The molecule has 3 aromatic rings. The van der Waals surface area contributed by atoms with Crippen LogP contribution in [-0.2, 0) is 11.2 Å². The summed E-state index contributed by atoms with van der Waals surface area (Å²) in [6, 6.07) is 13.8. The SMILES string of the molecule is O=C(CSc1nc(O)c(Cc2cccc3ccccc23)c(=O)[nH]1)N1CCCCC1. The Bertz CT molecular complexity index is 1080. The van der Waals surface area contributed by atoms with Gasteiger partial charge in [-0.15, -0.1) is 0 Å². The molecule has 0 saturated carbocycles. The van der Waals surface area contributed by atoms with Gasteiger partial charge in [-0.3, -0.25) is 9.59 Å². The zero-order valence-electron chi connectivity index (χ0n) is 16.1. The molecule has 2 N–H and O–H groups in total. The van der Waals surface area contributed by atoms with E-state index < -0.39 is 0 Å². The number of hydrogen-bond donors (Lipinski definition) is 2. The van der Waals surface area contributed by atoms with Gasteiger partial charge < -0.3 is 15.0 Å². The summed E-state index contributed by atoms with van der Waals surface area (Å²) in [5.41, 5.74) is 0.804. The number of carbonyl (C=O) groups excluding carboxylic acids is 1. The topological polar surface area (TPSA) is 86.3 Å². The van der Waals surface area contributed by atoms with Crippen LogP contribution in [0.2, 0.25) is 0 Å². The molecule has 6 nitrogen and oxygen atoms in total. The fourth-order valence-electron chi connectivity index (χ4n) is 3.70. The molecule has 0 spiro atoms. The molecule has 1 amide bonds. The maximum atomic E-state index is 12.6. The Labute approximate surface area is 173 Å². The summed E-state index contributed by atoms with van der Waals surface area (Å²) in [5, 5.41) is 12.8. The van der Waals surface area contributed by atoms with Crippen LogP contribution in [0.1, 0.15) is 30.4 Å². The first-order valence-electron chi connectivity index (χ1n) is 9.81. The van der Waals surface area contributed by atoms with Gasteiger partial charge in [0.25, 0.3) is 5.56 Å². The third kappa shape index (κ3) is 4.45. The minimum Gasteiger partial charge on any atom is -0.493 e. The van der Waals surface area contributed by atoms with Crippen molar-refractivity contribution in [2.24, 2.45) is 0 Å². The van der Waals surface area contributed by atoms with Gasteiger partial charge in [-0.1, -0.05) is 54.2 Å². The molecular weight excluding hydrogens is 386 g/mol. The van der Waals surface area contributed by atoms with Crippen LogP contribution < -0.4 is 5.56 Å². The summed E-state index contributed by atoms with van der Waals surface area (Å²) in [4.78, 5) is 33.6. The summed E-state index contributed by atoms with van der Waals surface area (Å²) < 4.78 is 0. The minimum atomic E-state index is -0.377. The lowest BCUT2D eigenvalue weighted by Gasteiger charge is -2.26. The van der Waals surface area contributed by atoms with Gasteiger partial charge in [-0.2, -0.15) is 4.98 Å². The molecule has 1 aromatic heterocycles. The number of likely N-dealkylation sites (tertiary alicyclic amines) is 1. The molecule has 1 fully saturated rings. The molecule has 0 unspecified atom stereocenters. The Balaban J connectivity index is 1.50. The molecule has 0 aliphatic carbocycles. The highest BCUT2D eigenvalue weighted by Crippen LogP contribution is 2.24. The summed E-state index contributed by atoms with van der Waals surface area (Å²) in [6.07, 6.45) is 3.52. The molecule has 0 radical (unpaired) electrons. The van der Waals surface area contributed by atoms with Crippen LogP contribution in [0.15, 0.2) is 52.4 Å². The van der Waals surface area contributed by atoms with E-state index in [9.17, 15) is 14.7 Å². The molecule has 4 rings (SSSR count). The Morgan fingerprint density at radius 1 is 1.10 bits per heavy atom. The molecule has 0 atom stereocenters. The van der Waals surface area contributed by atoms with Crippen molar-refractivity contribution in [2.45, 2.75) is 30.8 Å². The fourth-order valence-corrected chi connectivity index (χ4v) is 4.45. The fraction of sp³-hybridized carbons (Fsp3) is 0.318. The second-order valence-electron chi connectivity index (χ2n) is 7.22. The molecule has 1 aliphatic heterocycles. The van der Waals surface area contributed by atoms with Crippen LogP contribution in [-0.4, -0.2) is 44.7 Å². The number of fused-ring (bicyclic) bond motifs is 1. The van der Waals surface area contributed by atoms with E-state index in [0.29, 0.717) is 0 Å². The van der Waals surface area contributed by atoms with E-state index in [2.05, 4.69) is 9.97 Å². The Morgan fingerprint density at radius 3 is 2.66 bits per heavy atom. The summed E-state index contributed by atoms with van der Waals surface area (Å²) in [6.45, 7) is 1.58. The quantitative estimate of drug-likeness (QED) is 0.499. The number of benzene rings is 2. The van der Waals surface area contributed by atoms with E-state index in [0.717, 1.165) is 60.4 Å². The number of nitrogens with one attached hydrogen (secondary N) is 1. The van der Waals surface area contributed by atoms with Gasteiger partial charge in [-0.05, 0) is 35.6 Å². The van der Waals surface area contributed by atoms with Crippen molar-refractivity contribution in [3.8, 4) is 5.88 Å². The van der Waals surface area contributed by atoms with Crippen molar-refractivity contribution >= 4 is 28.4 Å². The van der Waals surface area contributed by atoms with Gasteiger partial charge in [0.1, 0.15) is 0 Å². The first kappa shape index (κ1) is 19.5. The number of rotatable bonds is 5. The van der Waals surface area contributed by atoms with Gasteiger partial charge in [0, 0.05) is 19.5 Å². The van der Waals surface area contributed by atoms with Crippen LogP contribution in [0.4, 0.5) is 0 Å². The van der Waals surface area contributed by atoms with Crippen LogP contribution in [0.5, 0.6) is 5.88 Å². The number of carbonyl (C=O) groups is 1. The zero-order chi connectivity index (χ0) is 20.2. The standard InChI is InChI=1S/C22H23N3O3S/c26-19(25-11-4-1-5-12-25)14-29-22-23-20(27)18(21(28)24-22)13-16-9-6-8-15-7-2-3-10-17(15)16/h2-3,6-10H,1,4-5,11-14H2,(H2,23,24,27,28). The van der Waals surface area contributed by atoms with E-state index in [-0.39, 0.29) is 40.2 Å². The smallest absolute Gasteiger partial charge is 0.258 e. The number of hydrogen-bond acceptors (Lipinski definition) is 5. The predicted molar refractivity (Wildman–Crippen MR) is 114 cm³/mol. The molecule has 0 bridgehead atoms. The molecule has 1 saturated heterocycles. The van der Waals surface area contributed by atoms with Gasteiger partial charge in [0.2, 0.25) is 11.8 Å². The van der Waals surface area contributed by atoms with Gasteiger partial charge in [-0.25, -0.2) is 0 Å². The molecule has 2 heterocycles. The first-order valence-corrected chi connectivity index (χ1v) is 10.8. The minimum absolute atomic E-state index is 0.0386. The number of aromatic nitrogens is 2. The Hall–Kier alpha value is -2.80. The summed E-state index contributed by atoms with van der Waals surface area (Å²) in [5.74, 6) is -0.0447. The van der Waals surface area contributed by atoms with Crippen LogP contribution in [0.3, 0.4) is 0 Å². The highest BCUT2D eigenvalue weighted by molar-refractivity contribution is 7.99. The predicted octanol–water partition coefficient (Wildman–Crippen LogP) is 3.32. The monoisotopic (exact) mass is 409 g/mol. The third-order valence-corrected chi connectivity index (χ3v) is 6.12. The molecule has 29 heavy (non-hydrogen) atoms. The van der Waals surface area contributed by atoms with Gasteiger partial charge in [0.05, 0.1) is 11.3 Å². The number of piperidine rings is 1. The molecule has 2 aromatic carbocycles. The highest BCUT2D eigenvalue weighted by Gasteiger charge is 2.18. The Morgan fingerprint density at radius 2 is 1.86 bits per heavy atom. The van der Waals surface area contributed by atoms with Crippen molar-refractivity contribution in [3.63, 3.8) is 0 Å². The van der Waals surface area contributed by atoms with Crippen LogP contribution >= 0.6 is 11.8 Å². The van der Waals surface area contributed by atoms with E-state index in [1.165, 1.54) is 0 Å². The Kier molecular flexibility index (Phi) is 5.85. The lowest BCUT2D eigenvalue weighted by atomic mass is 9.99. The average molecular weight is 410 g/mol. The number of aromatic amines is 1. The normalized spacial score (nSPS) is 14.3. The number of aromatic hydroxyl groups is 1. The number of amides is 1. The second-order valence-corrected chi connectivity index (χ2v) is 8.18. The van der Waals surface area contributed by atoms with E-state index in [1.54, 1.807) is 0 Å². The highest BCUT2D eigenvalue weighted by atomic mass is 32.2. The van der Waals surface area contributed by atoms with Crippen molar-refractivity contribution in [2.75, 3.05) is 18.8 Å². The largest absolute Gasteiger partial charge is 0.493 e. The molecular formula is C22H23N3O3S. The second kappa shape index (κ2) is 8.69. The lowest BCUT2D eigenvalue weighted by Crippen LogP contribution is -2.36. The zero-order valence-corrected chi connectivity index (χ0v) is 16.9. The van der Waals surface area contributed by atoms with E-state index in [4.69, 9.17) is 0 Å². The van der Waals surface area contributed by atoms with Crippen molar-refractivity contribution < 1.29 is 9.90 Å². The maximum Gasteiger partial charge on any atom is 0.258 e. The van der Waals surface area contributed by atoms with Crippen molar-refractivity contribution in [3.05, 3.63) is 63.9 Å². The average Bonchev–Trinajstić information content (AvgIpc) is 2.75. The number of thioether (sulfide) groups is 1. The molecule has 150 valence electrons. The van der Waals surface area contributed by atoms with E-state index >= 15 is 0 Å². The van der Waals surface area contributed by atoms with Crippen molar-refractivity contribution in [1.82, 2.24) is 14.9 Å². The van der Waals surface area contributed by atoms with Crippen molar-refractivity contribution in [1.29, 1.82) is 0 Å². The molecule has 7 heteroatoms. The van der Waals surface area contributed by atoms with Crippen LogP contribution in [0.25, 0.3) is 10.8 Å². The first-order chi connectivity index (χ1) is 14.1. The maximum absolute atomic E-state index is 12.6. The van der Waals surface area contributed by atoms with E-state index in [1.807, 2.05) is 47.4 Å². The third-order valence-electron chi connectivity index (χ3n) is 5.26. The summed E-state index contributed by atoms with van der Waals surface area (Å²) >= 11 is 1.15. The molecule has 1 aliphatic rings. The number of nitrogens with zero attached hydrogens (tertiary/aromatic N) is 2. The van der Waals surface area contributed by atoms with Gasteiger partial charge in [0.15, 0.2) is 5.16 Å².